The molecular formula is C22H26N2O2S. The molecule has 0 aliphatic heterocycles. The molecule has 5 heteroatoms. The van der Waals surface area contributed by atoms with Crippen molar-refractivity contribution in [2.45, 2.75) is 25.2 Å². The minimum atomic E-state index is -0.656. The Morgan fingerprint density at radius 1 is 1.15 bits per heavy atom. The van der Waals surface area contributed by atoms with Gasteiger partial charge < -0.3 is 9.64 Å². The van der Waals surface area contributed by atoms with E-state index in [4.69, 9.17) is 9.72 Å². The molecule has 0 N–H and O–H groups in total. The lowest BCUT2D eigenvalue weighted by atomic mass is 9.78. The van der Waals surface area contributed by atoms with Crippen molar-refractivity contribution in [3.8, 4) is 0 Å². The third-order valence-electron chi connectivity index (χ3n) is 4.91. The van der Waals surface area contributed by atoms with E-state index in [-0.39, 0.29) is 5.91 Å². The summed E-state index contributed by atoms with van der Waals surface area (Å²) in [5.74, 6) is 0.115. The second-order valence-corrected chi connectivity index (χ2v) is 8.14. The first-order chi connectivity index (χ1) is 13.0. The number of fused-ring (bicyclic) bond motifs is 1. The number of carbonyl (C=O) groups is 1. The maximum Gasteiger partial charge on any atom is 0.233 e. The largest absolute Gasteiger partial charge is 0.385 e. The van der Waals surface area contributed by atoms with Crippen LogP contribution in [-0.4, -0.2) is 43.1 Å². The highest BCUT2D eigenvalue weighted by Crippen LogP contribution is 2.33. The number of methoxy groups -OCH3 is 1. The van der Waals surface area contributed by atoms with Gasteiger partial charge in [0.2, 0.25) is 5.91 Å². The summed E-state index contributed by atoms with van der Waals surface area (Å²) in [6, 6.07) is 18.2. The average Bonchev–Trinajstić information content (AvgIpc) is 3.10. The van der Waals surface area contributed by atoms with E-state index in [9.17, 15) is 4.79 Å². The number of nitrogens with zero attached hydrogens (tertiary/aromatic N) is 2. The van der Waals surface area contributed by atoms with Gasteiger partial charge in [0.05, 0.1) is 20.6 Å². The predicted molar refractivity (Wildman–Crippen MR) is 111 cm³/mol. The molecule has 0 radical (unpaired) electrons. The highest BCUT2D eigenvalue weighted by molar-refractivity contribution is 7.18. The molecule has 1 unspecified atom stereocenters. The number of para-hydroxylation sites is 1. The summed E-state index contributed by atoms with van der Waals surface area (Å²) in [4.78, 5) is 20.0. The van der Waals surface area contributed by atoms with E-state index in [1.54, 1.807) is 18.4 Å². The van der Waals surface area contributed by atoms with Gasteiger partial charge in [0.25, 0.3) is 0 Å². The fourth-order valence-corrected chi connectivity index (χ4v) is 4.50. The van der Waals surface area contributed by atoms with Crippen LogP contribution < -0.4 is 0 Å². The Bertz CT molecular complexity index is 860. The van der Waals surface area contributed by atoms with Crippen LogP contribution in [-0.2, 0) is 21.4 Å². The second-order valence-electron chi connectivity index (χ2n) is 7.02. The summed E-state index contributed by atoms with van der Waals surface area (Å²) in [6.45, 7) is 3.36. The van der Waals surface area contributed by atoms with Gasteiger partial charge in [-0.15, -0.1) is 11.3 Å². The molecule has 2 aromatic carbocycles. The third-order valence-corrected chi connectivity index (χ3v) is 5.95. The van der Waals surface area contributed by atoms with Crippen molar-refractivity contribution in [2.75, 3.05) is 27.3 Å². The number of thiazole rings is 1. The van der Waals surface area contributed by atoms with E-state index in [2.05, 4.69) is 6.07 Å². The Morgan fingerprint density at radius 2 is 1.85 bits per heavy atom. The van der Waals surface area contributed by atoms with Gasteiger partial charge in [0, 0.05) is 33.7 Å². The van der Waals surface area contributed by atoms with Crippen molar-refractivity contribution < 1.29 is 9.53 Å². The van der Waals surface area contributed by atoms with Crippen molar-refractivity contribution in [3.05, 3.63) is 65.2 Å². The number of aromatic nitrogens is 1. The van der Waals surface area contributed by atoms with Crippen LogP contribution in [0.2, 0.25) is 0 Å². The zero-order valence-corrected chi connectivity index (χ0v) is 17.0. The first kappa shape index (κ1) is 19.5. The number of amides is 1. The number of likely N-dealkylation sites (N-methyl/N-ethyl adjacent to an activating group) is 1. The predicted octanol–water partition coefficient (Wildman–Crippen LogP) is 4.29. The monoisotopic (exact) mass is 382 g/mol. The topological polar surface area (TPSA) is 42.4 Å². The van der Waals surface area contributed by atoms with Crippen molar-refractivity contribution >= 4 is 27.5 Å². The van der Waals surface area contributed by atoms with Crippen molar-refractivity contribution in [3.63, 3.8) is 0 Å². The lowest BCUT2D eigenvalue weighted by molar-refractivity contribution is -0.135. The molecule has 142 valence electrons. The van der Waals surface area contributed by atoms with Crippen LogP contribution in [0.4, 0.5) is 0 Å². The van der Waals surface area contributed by atoms with Gasteiger partial charge in [-0.3, -0.25) is 4.79 Å². The first-order valence-corrected chi connectivity index (χ1v) is 10.0. The van der Waals surface area contributed by atoms with Crippen molar-refractivity contribution in [1.29, 1.82) is 0 Å². The summed E-state index contributed by atoms with van der Waals surface area (Å²) in [6.07, 6.45) is 1.41. The summed E-state index contributed by atoms with van der Waals surface area (Å²) in [5.41, 5.74) is 1.36. The molecule has 0 bridgehead atoms. The summed E-state index contributed by atoms with van der Waals surface area (Å²) in [5, 5.41) is 0.987. The highest BCUT2D eigenvalue weighted by Gasteiger charge is 2.38. The van der Waals surface area contributed by atoms with Gasteiger partial charge in [0.15, 0.2) is 0 Å². The molecule has 0 aliphatic carbocycles. The van der Waals surface area contributed by atoms with Crippen molar-refractivity contribution in [2.24, 2.45) is 0 Å². The number of rotatable bonds is 8. The molecule has 4 nitrogen and oxygen atoms in total. The van der Waals surface area contributed by atoms with E-state index in [0.29, 0.717) is 19.6 Å². The zero-order chi connectivity index (χ0) is 19.3. The number of carbonyl (C=O) groups excluding carboxylic acids is 1. The number of hydrogen-bond acceptors (Lipinski definition) is 4. The molecule has 1 aromatic heterocycles. The van der Waals surface area contributed by atoms with E-state index in [1.807, 2.05) is 67.4 Å². The summed E-state index contributed by atoms with van der Waals surface area (Å²) in [7, 11) is 3.56. The molecule has 0 saturated carbocycles. The molecule has 3 rings (SSSR count). The number of hydrogen-bond donors (Lipinski definition) is 0. The van der Waals surface area contributed by atoms with E-state index < -0.39 is 5.41 Å². The molecule has 0 aliphatic rings. The SMILES string of the molecule is COCCCN(C)C(=O)C(C)(Cc1nc2ccccc2s1)c1ccccc1. The Balaban J connectivity index is 1.91. The van der Waals surface area contributed by atoms with Crippen LogP contribution >= 0.6 is 11.3 Å². The van der Waals surface area contributed by atoms with E-state index in [1.165, 1.54) is 0 Å². The fourth-order valence-electron chi connectivity index (χ4n) is 3.37. The minimum Gasteiger partial charge on any atom is -0.385 e. The summed E-state index contributed by atoms with van der Waals surface area (Å²) >= 11 is 1.67. The Morgan fingerprint density at radius 3 is 2.56 bits per heavy atom. The van der Waals surface area contributed by atoms with E-state index in [0.717, 1.165) is 27.2 Å². The Hall–Kier alpha value is -2.24. The summed E-state index contributed by atoms with van der Waals surface area (Å²) < 4.78 is 6.28. The normalized spacial score (nSPS) is 13.4. The number of benzene rings is 2. The van der Waals surface area contributed by atoms with Crippen LogP contribution in [0.3, 0.4) is 0 Å². The van der Waals surface area contributed by atoms with Gasteiger partial charge in [0.1, 0.15) is 0 Å². The maximum atomic E-state index is 13.4. The average molecular weight is 383 g/mol. The Labute approximate surface area is 164 Å². The third kappa shape index (κ3) is 4.37. The van der Waals surface area contributed by atoms with Gasteiger partial charge >= 0.3 is 0 Å². The Kier molecular flexibility index (Phi) is 6.24. The minimum absolute atomic E-state index is 0.115. The van der Waals surface area contributed by atoms with Gasteiger partial charge in [-0.1, -0.05) is 42.5 Å². The molecule has 0 spiro atoms. The fraction of sp³-hybridized carbons (Fsp3) is 0.364. The van der Waals surface area contributed by atoms with Crippen LogP contribution in [0.15, 0.2) is 54.6 Å². The van der Waals surface area contributed by atoms with E-state index >= 15 is 0 Å². The zero-order valence-electron chi connectivity index (χ0n) is 16.1. The standard InChI is InChI=1S/C22H26N2O2S/c1-22(17-10-5-4-6-11-17,21(25)24(2)14-9-15-26-3)16-20-23-18-12-7-8-13-19(18)27-20/h4-8,10-13H,9,14-16H2,1-3H3. The smallest absolute Gasteiger partial charge is 0.233 e. The van der Waals surface area contributed by atoms with Gasteiger partial charge in [-0.05, 0) is 31.0 Å². The van der Waals surface area contributed by atoms with Crippen LogP contribution in [0, 0.1) is 0 Å². The maximum absolute atomic E-state index is 13.4. The molecule has 27 heavy (non-hydrogen) atoms. The molecule has 1 atom stereocenters. The second kappa shape index (κ2) is 8.63. The van der Waals surface area contributed by atoms with Crippen LogP contribution in [0.5, 0.6) is 0 Å². The molecule has 0 saturated heterocycles. The quantitative estimate of drug-likeness (QED) is 0.546. The highest BCUT2D eigenvalue weighted by atomic mass is 32.1. The first-order valence-electron chi connectivity index (χ1n) is 9.19. The molecule has 1 amide bonds. The molecule has 1 heterocycles. The van der Waals surface area contributed by atoms with Gasteiger partial charge in [-0.25, -0.2) is 4.98 Å². The van der Waals surface area contributed by atoms with Gasteiger partial charge in [-0.2, -0.15) is 0 Å². The molecular weight excluding hydrogens is 356 g/mol. The van der Waals surface area contributed by atoms with Crippen LogP contribution in [0.25, 0.3) is 10.2 Å². The van der Waals surface area contributed by atoms with Crippen LogP contribution in [0.1, 0.15) is 23.9 Å². The number of ether oxygens (including phenoxy) is 1. The lowest BCUT2D eigenvalue weighted by Gasteiger charge is -2.33. The lowest BCUT2D eigenvalue weighted by Crippen LogP contribution is -2.45. The molecule has 3 aromatic rings. The van der Waals surface area contributed by atoms with Crippen molar-refractivity contribution in [1.82, 2.24) is 9.88 Å². The molecule has 0 fully saturated rings.